The van der Waals surface area contributed by atoms with E-state index in [0.717, 1.165) is 17.7 Å². The third kappa shape index (κ3) is 4.03. The smallest absolute Gasteiger partial charge is 0.270 e. The third-order valence-corrected chi connectivity index (χ3v) is 7.13. The minimum absolute atomic E-state index is 0.0391. The number of nitrogens with one attached hydrogen (secondary N) is 1. The van der Waals surface area contributed by atoms with E-state index in [1.54, 1.807) is 19.6 Å². The number of hydrogen-bond donors (Lipinski definition) is 1. The van der Waals surface area contributed by atoms with Gasteiger partial charge in [-0.05, 0) is 35.7 Å². The summed E-state index contributed by atoms with van der Waals surface area (Å²) in [6.45, 7) is 2.50. The Hall–Kier alpha value is -3.48. The van der Waals surface area contributed by atoms with Crippen LogP contribution in [0.25, 0.3) is 37.0 Å². The Morgan fingerprint density at radius 1 is 1.09 bits per heavy atom. The van der Waals surface area contributed by atoms with E-state index in [1.807, 2.05) is 35.0 Å². The van der Waals surface area contributed by atoms with E-state index in [4.69, 9.17) is 4.74 Å². The Labute approximate surface area is 196 Å². The molecule has 0 aliphatic rings. The minimum Gasteiger partial charge on any atom is -0.383 e. The fourth-order valence-corrected chi connectivity index (χ4v) is 5.43. The first kappa shape index (κ1) is 21.4. The van der Waals surface area contributed by atoms with E-state index in [9.17, 15) is 4.79 Å². The monoisotopic (exact) mass is 455 g/mol. The van der Waals surface area contributed by atoms with Crippen LogP contribution in [0.1, 0.15) is 23.8 Å². The second-order valence-corrected chi connectivity index (χ2v) is 9.07. The highest BCUT2D eigenvalue weighted by Crippen LogP contribution is 2.40. The number of hydrogen-bond acceptors (Lipinski definition) is 4. The first-order valence-corrected chi connectivity index (χ1v) is 11.8. The second-order valence-electron chi connectivity index (χ2n) is 8.01. The molecule has 0 spiro atoms. The lowest BCUT2D eigenvalue weighted by molar-refractivity contribution is 0.0888. The molecular weight excluding hydrogens is 430 g/mol. The summed E-state index contributed by atoms with van der Waals surface area (Å²) < 4.78 is 9.60. The number of imidazole rings is 1. The largest absolute Gasteiger partial charge is 0.383 e. The van der Waals surface area contributed by atoms with Crippen molar-refractivity contribution in [2.75, 3.05) is 13.7 Å². The molecule has 5 rings (SSSR count). The SMILES string of the molecule is CC[C@@H](COC)NC(=O)c1cncn1-c1cccc(-c2cccc3c2sc2ccccc23)c1. The van der Waals surface area contributed by atoms with Gasteiger partial charge in [0, 0.05) is 33.0 Å². The van der Waals surface area contributed by atoms with Crippen LogP contribution in [-0.4, -0.2) is 35.2 Å². The standard InChI is InChI=1S/C27H25N3O2S/c1-3-19(16-32-2)29-27(31)24-15-28-17-30(24)20-9-6-8-18(14-20)21-11-7-12-23-22-10-4-5-13-25(22)33-26(21)23/h4-15,17,19H,3,16H2,1-2H3,(H,29,31)/t19-/m0/s1. The molecular formula is C27H25N3O2S. The van der Waals surface area contributed by atoms with Crippen LogP contribution >= 0.6 is 11.3 Å². The number of rotatable bonds is 7. The average Bonchev–Trinajstić information content (AvgIpc) is 3.49. The predicted octanol–water partition coefficient (Wildman–Crippen LogP) is 6.06. The maximum absolute atomic E-state index is 12.9. The molecule has 3 aromatic carbocycles. The number of benzene rings is 3. The number of thiophene rings is 1. The van der Waals surface area contributed by atoms with Gasteiger partial charge in [0.05, 0.1) is 25.2 Å². The van der Waals surface area contributed by atoms with E-state index < -0.39 is 0 Å². The Bertz CT molecular complexity index is 1440. The summed E-state index contributed by atoms with van der Waals surface area (Å²) in [6.07, 6.45) is 4.09. The molecule has 5 nitrogen and oxygen atoms in total. The molecule has 0 bridgehead atoms. The molecule has 2 heterocycles. The fourth-order valence-electron chi connectivity index (χ4n) is 4.19. The maximum atomic E-state index is 12.9. The van der Waals surface area contributed by atoms with Gasteiger partial charge in [0.1, 0.15) is 5.69 Å². The first-order valence-electron chi connectivity index (χ1n) is 11.0. The van der Waals surface area contributed by atoms with Crippen molar-refractivity contribution in [2.24, 2.45) is 0 Å². The van der Waals surface area contributed by atoms with E-state index in [-0.39, 0.29) is 11.9 Å². The molecule has 0 saturated heterocycles. The highest BCUT2D eigenvalue weighted by atomic mass is 32.1. The van der Waals surface area contributed by atoms with Crippen LogP contribution in [-0.2, 0) is 4.74 Å². The molecule has 1 amide bonds. The lowest BCUT2D eigenvalue weighted by Gasteiger charge is -2.17. The van der Waals surface area contributed by atoms with Gasteiger partial charge in [-0.3, -0.25) is 9.36 Å². The molecule has 0 saturated carbocycles. The second kappa shape index (κ2) is 9.17. The van der Waals surface area contributed by atoms with Crippen LogP contribution < -0.4 is 5.32 Å². The Kier molecular flexibility index (Phi) is 5.94. The van der Waals surface area contributed by atoms with Crippen molar-refractivity contribution < 1.29 is 9.53 Å². The van der Waals surface area contributed by atoms with Crippen molar-refractivity contribution in [3.05, 3.63) is 84.9 Å². The number of methoxy groups -OCH3 is 1. The number of fused-ring (bicyclic) bond motifs is 3. The third-order valence-electron chi connectivity index (χ3n) is 5.91. The highest BCUT2D eigenvalue weighted by molar-refractivity contribution is 7.26. The lowest BCUT2D eigenvalue weighted by atomic mass is 10.0. The number of nitrogens with zero attached hydrogens (tertiary/aromatic N) is 2. The predicted molar refractivity (Wildman–Crippen MR) is 135 cm³/mol. The van der Waals surface area contributed by atoms with Gasteiger partial charge in [-0.25, -0.2) is 4.98 Å². The quantitative estimate of drug-likeness (QED) is 0.324. The molecule has 0 radical (unpaired) electrons. The van der Waals surface area contributed by atoms with Crippen molar-refractivity contribution in [2.45, 2.75) is 19.4 Å². The topological polar surface area (TPSA) is 56.1 Å². The van der Waals surface area contributed by atoms with Gasteiger partial charge >= 0.3 is 0 Å². The zero-order valence-electron chi connectivity index (χ0n) is 18.6. The number of ether oxygens (including phenoxy) is 1. The van der Waals surface area contributed by atoms with Gasteiger partial charge in [0.2, 0.25) is 0 Å². The molecule has 5 aromatic rings. The zero-order chi connectivity index (χ0) is 22.8. The van der Waals surface area contributed by atoms with Crippen molar-refractivity contribution in [1.29, 1.82) is 0 Å². The zero-order valence-corrected chi connectivity index (χ0v) is 19.4. The van der Waals surface area contributed by atoms with Crippen LogP contribution in [0, 0.1) is 0 Å². The summed E-state index contributed by atoms with van der Waals surface area (Å²) >= 11 is 1.81. The van der Waals surface area contributed by atoms with E-state index >= 15 is 0 Å². The van der Waals surface area contributed by atoms with Crippen molar-refractivity contribution in [1.82, 2.24) is 14.9 Å². The van der Waals surface area contributed by atoms with Crippen molar-refractivity contribution in [3.8, 4) is 16.8 Å². The molecule has 1 N–H and O–H groups in total. The van der Waals surface area contributed by atoms with Crippen LogP contribution in [0.2, 0.25) is 0 Å². The van der Waals surface area contributed by atoms with Crippen LogP contribution in [0.15, 0.2) is 79.3 Å². The highest BCUT2D eigenvalue weighted by Gasteiger charge is 2.17. The molecule has 1 atom stereocenters. The van der Waals surface area contributed by atoms with Gasteiger partial charge in [-0.1, -0.05) is 55.5 Å². The molecule has 2 aromatic heterocycles. The lowest BCUT2D eigenvalue weighted by Crippen LogP contribution is -2.38. The molecule has 6 heteroatoms. The van der Waals surface area contributed by atoms with Crippen LogP contribution in [0.4, 0.5) is 0 Å². The van der Waals surface area contributed by atoms with Gasteiger partial charge in [0.15, 0.2) is 0 Å². The molecule has 0 aliphatic heterocycles. The Morgan fingerprint density at radius 3 is 2.76 bits per heavy atom. The van der Waals surface area contributed by atoms with Crippen LogP contribution in [0.5, 0.6) is 0 Å². The number of amides is 1. The Balaban J connectivity index is 1.53. The normalized spacial score (nSPS) is 12.3. The van der Waals surface area contributed by atoms with E-state index in [1.165, 1.54) is 25.7 Å². The fraction of sp³-hybridized carbons (Fsp3) is 0.185. The van der Waals surface area contributed by atoms with E-state index in [2.05, 4.69) is 64.9 Å². The minimum atomic E-state index is -0.159. The number of carbonyl (C=O) groups excluding carboxylic acids is 1. The summed E-state index contributed by atoms with van der Waals surface area (Å²) in [5, 5.41) is 5.59. The summed E-state index contributed by atoms with van der Waals surface area (Å²) in [6, 6.07) is 23.2. The molecule has 0 aliphatic carbocycles. The van der Waals surface area contributed by atoms with Gasteiger partial charge in [-0.15, -0.1) is 11.3 Å². The molecule has 0 fully saturated rings. The van der Waals surface area contributed by atoms with Crippen molar-refractivity contribution in [3.63, 3.8) is 0 Å². The summed E-state index contributed by atoms with van der Waals surface area (Å²) in [4.78, 5) is 17.2. The molecule has 33 heavy (non-hydrogen) atoms. The maximum Gasteiger partial charge on any atom is 0.270 e. The van der Waals surface area contributed by atoms with Crippen molar-refractivity contribution >= 4 is 37.4 Å². The molecule has 0 unspecified atom stereocenters. The van der Waals surface area contributed by atoms with Gasteiger partial charge in [0.25, 0.3) is 5.91 Å². The van der Waals surface area contributed by atoms with E-state index in [0.29, 0.717) is 12.3 Å². The van der Waals surface area contributed by atoms with Gasteiger partial charge in [-0.2, -0.15) is 0 Å². The number of aromatic nitrogens is 2. The summed E-state index contributed by atoms with van der Waals surface area (Å²) in [5.41, 5.74) is 3.69. The average molecular weight is 456 g/mol. The van der Waals surface area contributed by atoms with Gasteiger partial charge < -0.3 is 10.1 Å². The summed E-state index contributed by atoms with van der Waals surface area (Å²) in [5.74, 6) is -0.159. The first-order chi connectivity index (χ1) is 16.2. The number of carbonyl (C=O) groups is 1. The molecule has 166 valence electrons. The Morgan fingerprint density at radius 2 is 1.91 bits per heavy atom. The summed E-state index contributed by atoms with van der Waals surface area (Å²) in [7, 11) is 1.64. The van der Waals surface area contributed by atoms with Crippen LogP contribution in [0.3, 0.4) is 0 Å².